The van der Waals surface area contributed by atoms with Crippen LogP contribution in [0.1, 0.15) is 20.6 Å². The number of nitrogens with zero attached hydrogens (tertiary/aromatic N) is 2. The van der Waals surface area contributed by atoms with Crippen molar-refractivity contribution in [1.82, 2.24) is 9.80 Å². The highest BCUT2D eigenvalue weighted by Gasteiger charge is 2.34. The molecule has 0 spiro atoms. The van der Waals surface area contributed by atoms with Crippen LogP contribution in [0.25, 0.3) is 0 Å². The Hall–Kier alpha value is -1.99. The third kappa shape index (κ3) is 3.82. The van der Waals surface area contributed by atoms with Gasteiger partial charge in [-0.2, -0.15) is 0 Å². The molecule has 2 heterocycles. The van der Waals surface area contributed by atoms with Crippen molar-refractivity contribution in [1.29, 1.82) is 0 Å². The third-order valence-corrected chi connectivity index (χ3v) is 6.22. The lowest BCUT2D eigenvalue weighted by Crippen LogP contribution is -2.38. The second-order valence-electron chi connectivity index (χ2n) is 5.70. The first-order valence-corrected chi connectivity index (χ1v) is 9.87. The van der Waals surface area contributed by atoms with Crippen LogP contribution in [0.15, 0.2) is 41.8 Å². The molecule has 1 aromatic carbocycles. The van der Waals surface area contributed by atoms with E-state index in [9.17, 15) is 9.59 Å². The molecule has 1 fully saturated rings. The minimum atomic E-state index is -0.0751. The van der Waals surface area contributed by atoms with E-state index < -0.39 is 0 Å². The van der Waals surface area contributed by atoms with E-state index in [1.807, 2.05) is 46.7 Å². The second kappa shape index (κ2) is 7.93. The van der Waals surface area contributed by atoms with Crippen molar-refractivity contribution >= 4 is 34.9 Å². The standard InChI is InChI=1S/C18H20N2O3S2/c1-19(17(22)15-8-5-11-24-15)9-10-20-16(21)12-25-18(20)13-6-3-4-7-14(13)23-2/h3-8,11,18H,9-10,12H2,1-2H3/t18-/m0/s1. The topological polar surface area (TPSA) is 49.9 Å². The van der Waals surface area contributed by atoms with Crippen molar-refractivity contribution < 1.29 is 14.3 Å². The number of thioether (sulfide) groups is 1. The van der Waals surface area contributed by atoms with Crippen molar-refractivity contribution in [2.45, 2.75) is 5.37 Å². The fourth-order valence-electron chi connectivity index (χ4n) is 2.77. The number of ether oxygens (including phenoxy) is 1. The molecule has 132 valence electrons. The summed E-state index contributed by atoms with van der Waals surface area (Å²) in [5.74, 6) is 1.31. The van der Waals surface area contributed by atoms with Crippen LogP contribution in [-0.4, -0.2) is 54.6 Å². The van der Waals surface area contributed by atoms with E-state index in [1.165, 1.54) is 11.3 Å². The highest BCUT2D eigenvalue weighted by molar-refractivity contribution is 8.00. The van der Waals surface area contributed by atoms with Gasteiger partial charge in [-0.1, -0.05) is 24.3 Å². The van der Waals surface area contributed by atoms with E-state index in [2.05, 4.69) is 0 Å². The zero-order chi connectivity index (χ0) is 17.8. The number of hydrogen-bond donors (Lipinski definition) is 0. The van der Waals surface area contributed by atoms with Crippen molar-refractivity contribution in [3.8, 4) is 5.75 Å². The Bertz CT molecular complexity index is 749. The van der Waals surface area contributed by atoms with Crippen LogP contribution < -0.4 is 4.74 Å². The summed E-state index contributed by atoms with van der Waals surface area (Å²) in [4.78, 5) is 28.9. The van der Waals surface area contributed by atoms with Crippen molar-refractivity contribution in [3.05, 3.63) is 52.2 Å². The van der Waals surface area contributed by atoms with Gasteiger partial charge in [-0.25, -0.2) is 0 Å². The normalized spacial score (nSPS) is 17.0. The molecule has 0 radical (unpaired) electrons. The minimum absolute atomic E-state index is 0.0110. The van der Waals surface area contributed by atoms with Gasteiger partial charge >= 0.3 is 0 Å². The Morgan fingerprint density at radius 2 is 2.12 bits per heavy atom. The molecule has 1 aromatic heterocycles. The molecule has 1 saturated heterocycles. The van der Waals surface area contributed by atoms with Crippen LogP contribution in [0.2, 0.25) is 0 Å². The molecule has 0 saturated carbocycles. The van der Waals surface area contributed by atoms with E-state index >= 15 is 0 Å². The maximum absolute atomic E-state index is 12.4. The smallest absolute Gasteiger partial charge is 0.263 e. The summed E-state index contributed by atoms with van der Waals surface area (Å²) in [5.41, 5.74) is 0.994. The number of amides is 2. The molecule has 5 nitrogen and oxygen atoms in total. The quantitative estimate of drug-likeness (QED) is 0.777. The van der Waals surface area contributed by atoms with Crippen LogP contribution in [-0.2, 0) is 4.79 Å². The Labute approximate surface area is 155 Å². The molecular weight excluding hydrogens is 356 g/mol. The molecule has 0 N–H and O–H groups in total. The number of carbonyl (C=O) groups excluding carboxylic acids is 2. The predicted octanol–water partition coefficient (Wildman–Crippen LogP) is 3.10. The molecule has 1 aliphatic heterocycles. The second-order valence-corrected chi connectivity index (χ2v) is 7.71. The summed E-state index contributed by atoms with van der Waals surface area (Å²) in [6.07, 6.45) is 0. The molecule has 1 aliphatic rings. The summed E-state index contributed by atoms with van der Waals surface area (Å²) in [7, 11) is 3.41. The molecule has 3 rings (SSSR count). The Balaban J connectivity index is 1.69. The Kier molecular flexibility index (Phi) is 5.65. The van der Waals surface area contributed by atoms with Gasteiger partial charge in [0.25, 0.3) is 5.91 Å². The van der Waals surface area contributed by atoms with Gasteiger partial charge < -0.3 is 14.5 Å². The molecule has 0 aliphatic carbocycles. The fourth-order valence-corrected chi connectivity index (χ4v) is 4.73. The first-order chi connectivity index (χ1) is 12.1. The number of carbonyl (C=O) groups is 2. The first-order valence-electron chi connectivity index (χ1n) is 7.94. The maximum atomic E-state index is 12.4. The number of hydrogen-bond acceptors (Lipinski definition) is 5. The SMILES string of the molecule is COc1ccccc1[C@@H]1SCC(=O)N1CCN(C)C(=O)c1cccs1. The summed E-state index contributed by atoms with van der Waals surface area (Å²) >= 11 is 3.02. The molecule has 0 bridgehead atoms. The lowest BCUT2D eigenvalue weighted by molar-refractivity contribution is -0.128. The highest BCUT2D eigenvalue weighted by Crippen LogP contribution is 2.42. The van der Waals surface area contributed by atoms with Gasteiger partial charge in [-0.15, -0.1) is 23.1 Å². The zero-order valence-electron chi connectivity index (χ0n) is 14.2. The van der Waals surface area contributed by atoms with Gasteiger partial charge in [0.1, 0.15) is 11.1 Å². The van der Waals surface area contributed by atoms with Gasteiger partial charge in [0.05, 0.1) is 17.7 Å². The largest absolute Gasteiger partial charge is 0.496 e. The van der Waals surface area contributed by atoms with Gasteiger partial charge in [0, 0.05) is 25.7 Å². The van der Waals surface area contributed by atoms with Crippen molar-refractivity contribution in [2.24, 2.45) is 0 Å². The third-order valence-electron chi connectivity index (χ3n) is 4.13. The first kappa shape index (κ1) is 17.8. The van der Waals surface area contributed by atoms with E-state index in [4.69, 9.17) is 4.74 Å². The van der Waals surface area contributed by atoms with Crippen molar-refractivity contribution in [2.75, 3.05) is 33.0 Å². The van der Waals surface area contributed by atoms with Gasteiger partial charge in [0.2, 0.25) is 5.91 Å². The van der Waals surface area contributed by atoms with E-state index in [-0.39, 0.29) is 17.2 Å². The van der Waals surface area contributed by atoms with Crippen LogP contribution in [0.5, 0.6) is 5.75 Å². The summed E-state index contributed by atoms with van der Waals surface area (Å²) < 4.78 is 5.44. The molecule has 2 amide bonds. The number of thiophene rings is 1. The maximum Gasteiger partial charge on any atom is 0.263 e. The number of benzene rings is 1. The molecule has 0 unspecified atom stereocenters. The lowest BCUT2D eigenvalue weighted by Gasteiger charge is -2.27. The molecular formula is C18H20N2O3S2. The Morgan fingerprint density at radius 3 is 2.84 bits per heavy atom. The van der Waals surface area contributed by atoms with Gasteiger partial charge in [-0.05, 0) is 17.5 Å². The Morgan fingerprint density at radius 1 is 1.32 bits per heavy atom. The van der Waals surface area contributed by atoms with Gasteiger partial charge in [0.15, 0.2) is 0 Å². The molecule has 1 atom stereocenters. The summed E-state index contributed by atoms with van der Waals surface area (Å²) in [5, 5.41) is 1.81. The van der Waals surface area contributed by atoms with Crippen LogP contribution in [0.4, 0.5) is 0 Å². The monoisotopic (exact) mass is 376 g/mol. The number of rotatable bonds is 6. The van der Waals surface area contributed by atoms with Crippen molar-refractivity contribution in [3.63, 3.8) is 0 Å². The van der Waals surface area contributed by atoms with E-state index in [0.717, 1.165) is 11.3 Å². The summed E-state index contributed by atoms with van der Waals surface area (Å²) in [6.45, 7) is 0.997. The average Bonchev–Trinajstić information content (AvgIpc) is 3.29. The van der Waals surface area contributed by atoms with Crippen LogP contribution in [0.3, 0.4) is 0 Å². The van der Waals surface area contributed by atoms with Gasteiger partial charge in [-0.3, -0.25) is 9.59 Å². The molecule has 25 heavy (non-hydrogen) atoms. The minimum Gasteiger partial charge on any atom is -0.496 e. The van der Waals surface area contributed by atoms with Crippen LogP contribution in [0, 0.1) is 0 Å². The average molecular weight is 377 g/mol. The molecule has 7 heteroatoms. The molecule has 2 aromatic rings. The zero-order valence-corrected chi connectivity index (χ0v) is 15.8. The van der Waals surface area contributed by atoms with E-state index in [0.29, 0.717) is 23.7 Å². The number of likely N-dealkylation sites (N-methyl/N-ethyl adjacent to an activating group) is 1. The van der Waals surface area contributed by atoms with E-state index in [1.54, 1.807) is 30.8 Å². The number of methoxy groups -OCH3 is 1. The fraction of sp³-hybridized carbons (Fsp3) is 0.333. The summed E-state index contributed by atoms with van der Waals surface area (Å²) in [6, 6.07) is 11.4. The van der Waals surface area contributed by atoms with Crippen LogP contribution >= 0.6 is 23.1 Å². The lowest BCUT2D eigenvalue weighted by atomic mass is 10.2. The number of para-hydroxylation sites is 1. The highest BCUT2D eigenvalue weighted by atomic mass is 32.2. The predicted molar refractivity (Wildman–Crippen MR) is 101 cm³/mol.